The van der Waals surface area contributed by atoms with E-state index >= 15 is 0 Å². The first-order valence-corrected chi connectivity index (χ1v) is 6.31. The molecule has 2 unspecified atom stereocenters. The van der Waals surface area contributed by atoms with Crippen LogP contribution in [0, 0.1) is 11.8 Å². The number of rotatable bonds is 4. The Balaban J connectivity index is 1.67. The Bertz CT molecular complexity index is 180. The highest BCUT2D eigenvalue weighted by Crippen LogP contribution is 2.26. The molecule has 0 saturated carbocycles. The molecule has 2 N–H and O–H groups in total. The van der Waals surface area contributed by atoms with Crippen molar-refractivity contribution >= 4 is 0 Å². The molecule has 0 aliphatic carbocycles. The number of nitrogens with one attached hydrogen (secondary N) is 2. The summed E-state index contributed by atoms with van der Waals surface area (Å²) in [5.74, 6) is 1.87. The van der Waals surface area contributed by atoms with Gasteiger partial charge < -0.3 is 15.4 Å². The summed E-state index contributed by atoms with van der Waals surface area (Å²) in [7, 11) is 1.79. The molecule has 3 nitrogen and oxygen atoms in total. The van der Waals surface area contributed by atoms with Crippen LogP contribution in [0.25, 0.3) is 0 Å². The summed E-state index contributed by atoms with van der Waals surface area (Å²) >= 11 is 0. The van der Waals surface area contributed by atoms with Gasteiger partial charge in [0, 0.05) is 13.2 Å². The van der Waals surface area contributed by atoms with Gasteiger partial charge in [-0.25, -0.2) is 0 Å². The van der Waals surface area contributed by atoms with Crippen LogP contribution in [-0.4, -0.2) is 39.4 Å². The Labute approximate surface area is 93.0 Å². The van der Waals surface area contributed by atoms with E-state index in [1.807, 2.05) is 0 Å². The Morgan fingerprint density at radius 1 is 1.20 bits per heavy atom. The molecule has 2 atom stereocenters. The van der Waals surface area contributed by atoms with Crippen LogP contribution in [0.5, 0.6) is 0 Å². The van der Waals surface area contributed by atoms with Gasteiger partial charge in [0.2, 0.25) is 0 Å². The molecule has 0 amide bonds. The summed E-state index contributed by atoms with van der Waals surface area (Å²) < 4.78 is 5.19. The van der Waals surface area contributed by atoms with Crippen molar-refractivity contribution in [1.29, 1.82) is 0 Å². The van der Waals surface area contributed by atoms with Crippen LogP contribution in [0.1, 0.15) is 25.7 Å². The first-order chi connectivity index (χ1) is 7.38. The minimum Gasteiger partial charge on any atom is -0.383 e. The Morgan fingerprint density at radius 2 is 2.00 bits per heavy atom. The lowest BCUT2D eigenvalue weighted by Gasteiger charge is -2.24. The minimum atomic E-state index is 0.613. The third-order valence-corrected chi connectivity index (χ3v) is 3.81. The Hall–Kier alpha value is -0.120. The van der Waals surface area contributed by atoms with E-state index in [2.05, 4.69) is 10.6 Å². The predicted octanol–water partition coefficient (Wildman–Crippen LogP) is 1.00. The van der Waals surface area contributed by atoms with E-state index in [-0.39, 0.29) is 0 Å². The first kappa shape index (κ1) is 11.4. The second-order valence-corrected chi connectivity index (χ2v) is 5.09. The number of hydrogen-bond donors (Lipinski definition) is 2. The summed E-state index contributed by atoms with van der Waals surface area (Å²) in [5, 5.41) is 6.99. The van der Waals surface area contributed by atoms with E-state index in [1.165, 1.54) is 45.3 Å². The molecule has 0 spiro atoms. The van der Waals surface area contributed by atoms with Gasteiger partial charge in [0.1, 0.15) is 0 Å². The molecule has 15 heavy (non-hydrogen) atoms. The second kappa shape index (κ2) is 5.83. The third-order valence-electron chi connectivity index (χ3n) is 3.81. The van der Waals surface area contributed by atoms with Crippen LogP contribution in [0.15, 0.2) is 0 Å². The molecule has 2 aliphatic rings. The maximum absolute atomic E-state index is 5.19. The van der Waals surface area contributed by atoms with Crippen LogP contribution in [0.4, 0.5) is 0 Å². The molecule has 2 rings (SSSR count). The SMILES string of the molecule is COCC1CC(CC2CCNCC2)CN1. The topological polar surface area (TPSA) is 33.3 Å². The third kappa shape index (κ3) is 3.44. The van der Waals surface area contributed by atoms with Gasteiger partial charge in [-0.3, -0.25) is 0 Å². The molecular weight excluding hydrogens is 188 g/mol. The molecule has 2 saturated heterocycles. The van der Waals surface area contributed by atoms with Crippen molar-refractivity contribution in [2.24, 2.45) is 11.8 Å². The molecule has 2 heterocycles. The monoisotopic (exact) mass is 212 g/mol. The molecule has 2 aliphatic heterocycles. The average molecular weight is 212 g/mol. The summed E-state index contributed by atoms with van der Waals surface area (Å²) in [6.07, 6.45) is 5.50. The molecule has 0 aromatic rings. The molecule has 88 valence electrons. The van der Waals surface area contributed by atoms with Crippen LogP contribution in [-0.2, 0) is 4.74 Å². The standard InChI is InChI=1S/C12H24N2O/c1-15-9-12-7-11(8-14-12)6-10-2-4-13-5-3-10/h10-14H,2-9H2,1H3. The average Bonchev–Trinajstić information content (AvgIpc) is 2.68. The molecule has 0 aromatic carbocycles. The number of piperidine rings is 1. The van der Waals surface area contributed by atoms with Crippen LogP contribution >= 0.6 is 0 Å². The molecule has 3 heteroatoms. The molecule has 2 fully saturated rings. The van der Waals surface area contributed by atoms with Gasteiger partial charge in [0.05, 0.1) is 6.61 Å². The largest absolute Gasteiger partial charge is 0.383 e. The molecule has 0 radical (unpaired) electrons. The lowest BCUT2D eigenvalue weighted by Crippen LogP contribution is -2.29. The van der Waals surface area contributed by atoms with Gasteiger partial charge in [0.15, 0.2) is 0 Å². The summed E-state index contributed by atoms with van der Waals surface area (Å²) in [5.41, 5.74) is 0. The van der Waals surface area contributed by atoms with E-state index in [0.29, 0.717) is 6.04 Å². The van der Waals surface area contributed by atoms with Gasteiger partial charge >= 0.3 is 0 Å². The quantitative estimate of drug-likeness (QED) is 0.729. The van der Waals surface area contributed by atoms with Crippen molar-refractivity contribution in [2.75, 3.05) is 33.4 Å². The maximum atomic E-state index is 5.19. The predicted molar refractivity (Wildman–Crippen MR) is 62.0 cm³/mol. The van der Waals surface area contributed by atoms with Crippen LogP contribution in [0.2, 0.25) is 0 Å². The van der Waals surface area contributed by atoms with E-state index < -0.39 is 0 Å². The Kier molecular flexibility index (Phi) is 4.42. The van der Waals surface area contributed by atoms with E-state index in [1.54, 1.807) is 7.11 Å². The fourth-order valence-electron chi connectivity index (χ4n) is 3.00. The van der Waals surface area contributed by atoms with Gasteiger partial charge in [-0.1, -0.05) is 0 Å². The highest BCUT2D eigenvalue weighted by atomic mass is 16.5. The maximum Gasteiger partial charge on any atom is 0.0615 e. The number of ether oxygens (including phenoxy) is 1. The number of hydrogen-bond acceptors (Lipinski definition) is 3. The summed E-state index contributed by atoms with van der Waals surface area (Å²) in [6.45, 7) is 4.54. The fourth-order valence-corrected chi connectivity index (χ4v) is 3.00. The van der Waals surface area contributed by atoms with E-state index in [0.717, 1.165) is 18.4 Å². The summed E-state index contributed by atoms with van der Waals surface area (Å²) in [6, 6.07) is 0.613. The van der Waals surface area contributed by atoms with Crippen molar-refractivity contribution in [1.82, 2.24) is 10.6 Å². The zero-order valence-corrected chi connectivity index (χ0v) is 9.80. The smallest absolute Gasteiger partial charge is 0.0615 e. The zero-order chi connectivity index (χ0) is 10.5. The van der Waals surface area contributed by atoms with Crippen molar-refractivity contribution in [3.63, 3.8) is 0 Å². The lowest BCUT2D eigenvalue weighted by atomic mass is 9.87. The van der Waals surface area contributed by atoms with Crippen LogP contribution < -0.4 is 10.6 Å². The van der Waals surface area contributed by atoms with Gasteiger partial charge in [-0.05, 0) is 57.2 Å². The highest BCUT2D eigenvalue weighted by molar-refractivity contribution is 4.83. The van der Waals surface area contributed by atoms with Crippen molar-refractivity contribution < 1.29 is 4.74 Å². The normalized spacial score (nSPS) is 33.4. The van der Waals surface area contributed by atoms with Gasteiger partial charge in [-0.2, -0.15) is 0 Å². The van der Waals surface area contributed by atoms with Crippen molar-refractivity contribution in [2.45, 2.75) is 31.7 Å². The Morgan fingerprint density at radius 3 is 2.73 bits per heavy atom. The number of methoxy groups -OCH3 is 1. The lowest BCUT2D eigenvalue weighted by molar-refractivity contribution is 0.171. The molecule has 0 bridgehead atoms. The van der Waals surface area contributed by atoms with E-state index in [9.17, 15) is 0 Å². The van der Waals surface area contributed by atoms with Crippen molar-refractivity contribution in [3.05, 3.63) is 0 Å². The zero-order valence-electron chi connectivity index (χ0n) is 9.80. The van der Waals surface area contributed by atoms with E-state index in [4.69, 9.17) is 4.74 Å². The first-order valence-electron chi connectivity index (χ1n) is 6.31. The van der Waals surface area contributed by atoms with Gasteiger partial charge in [0.25, 0.3) is 0 Å². The van der Waals surface area contributed by atoms with Crippen LogP contribution in [0.3, 0.4) is 0 Å². The molecule has 0 aromatic heterocycles. The summed E-state index contributed by atoms with van der Waals surface area (Å²) in [4.78, 5) is 0. The fraction of sp³-hybridized carbons (Fsp3) is 1.00. The highest BCUT2D eigenvalue weighted by Gasteiger charge is 2.26. The van der Waals surface area contributed by atoms with Gasteiger partial charge in [-0.15, -0.1) is 0 Å². The second-order valence-electron chi connectivity index (χ2n) is 5.09. The molecular formula is C12H24N2O. The minimum absolute atomic E-state index is 0.613. The van der Waals surface area contributed by atoms with Crippen molar-refractivity contribution in [3.8, 4) is 0 Å².